The highest BCUT2D eigenvalue weighted by Gasteiger charge is 2.50. The number of alkyl halides is 3. The van der Waals surface area contributed by atoms with Gasteiger partial charge in [-0.25, -0.2) is 0 Å². The summed E-state index contributed by atoms with van der Waals surface area (Å²) in [7, 11) is -13.2. The van der Waals surface area contributed by atoms with Crippen LogP contribution in [0.5, 0.6) is 17.2 Å². The number of aryl methyl sites for hydroxylation is 1. The second-order valence-corrected chi connectivity index (χ2v) is 18.5. The molecule has 0 saturated carbocycles. The predicted molar refractivity (Wildman–Crippen MR) is 148 cm³/mol. The van der Waals surface area contributed by atoms with Crippen LogP contribution in [0, 0.1) is 10.5 Å². The van der Waals surface area contributed by atoms with E-state index in [4.69, 9.17) is 8.92 Å². The van der Waals surface area contributed by atoms with Gasteiger partial charge in [0.1, 0.15) is 11.5 Å². The normalized spacial score (nSPS) is 12.7. The van der Waals surface area contributed by atoms with Gasteiger partial charge < -0.3 is 13.1 Å². The van der Waals surface area contributed by atoms with Crippen LogP contribution in [0.2, 0.25) is 19.6 Å². The van der Waals surface area contributed by atoms with E-state index in [0.717, 1.165) is 5.56 Å². The first-order valence-corrected chi connectivity index (χ1v) is 18.4. The van der Waals surface area contributed by atoms with Crippen LogP contribution in [0.3, 0.4) is 0 Å². The van der Waals surface area contributed by atoms with E-state index >= 15 is 0 Å². The first kappa shape index (κ1) is 30.2. The number of hydrogen-bond donors (Lipinski definition) is 0. The quantitative estimate of drug-likeness (QED) is 0.122. The summed E-state index contributed by atoms with van der Waals surface area (Å²) in [5.41, 5.74) is -4.37. The van der Waals surface area contributed by atoms with Crippen molar-refractivity contribution in [3.63, 3.8) is 0 Å². The van der Waals surface area contributed by atoms with Crippen LogP contribution in [0.1, 0.15) is 11.1 Å². The molecule has 3 aromatic rings. The zero-order chi connectivity index (χ0) is 28.5. The molecule has 0 bridgehead atoms. The average Bonchev–Trinajstić information content (AvgIpc) is 2.79. The van der Waals surface area contributed by atoms with Crippen molar-refractivity contribution in [1.82, 2.24) is 0 Å². The summed E-state index contributed by atoms with van der Waals surface area (Å²) in [6.07, 6.45) is 0. The molecule has 7 nitrogen and oxygen atoms in total. The Morgan fingerprint density at radius 2 is 1.42 bits per heavy atom. The van der Waals surface area contributed by atoms with Crippen LogP contribution in [0.15, 0.2) is 65.6 Å². The van der Waals surface area contributed by atoms with E-state index in [2.05, 4.69) is 4.18 Å². The molecule has 3 rings (SSSR count). The molecule has 3 aromatic carbocycles. The molecule has 0 fully saturated rings. The first-order valence-electron chi connectivity index (χ1n) is 11.0. The van der Waals surface area contributed by atoms with E-state index in [9.17, 15) is 30.0 Å². The summed E-state index contributed by atoms with van der Waals surface area (Å²) >= 11 is 1.77. The zero-order valence-electron chi connectivity index (χ0n) is 20.7. The third kappa shape index (κ3) is 7.01. The van der Waals surface area contributed by atoms with Gasteiger partial charge in [-0.15, -0.1) is 0 Å². The fraction of sp³-hybridized carbons (Fsp3) is 0.250. The number of hydrogen-bond acceptors (Lipinski definition) is 7. The van der Waals surface area contributed by atoms with E-state index in [-0.39, 0.29) is 20.3 Å². The Bertz CT molecular complexity index is 1520. The maximum absolute atomic E-state index is 13.4. The molecule has 0 heterocycles. The minimum absolute atomic E-state index is 0.165. The lowest BCUT2D eigenvalue weighted by Crippen LogP contribution is -2.41. The second-order valence-electron chi connectivity index (χ2n) is 9.25. The van der Waals surface area contributed by atoms with Crippen molar-refractivity contribution < 1.29 is 43.1 Å². The molecule has 14 heteroatoms. The molecule has 0 unspecified atom stereocenters. The van der Waals surface area contributed by atoms with E-state index in [1.165, 1.54) is 18.2 Å². The molecule has 0 saturated heterocycles. The van der Waals surface area contributed by atoms with E-state index in [0.29, 0.717) is 5.56 Å². The summed E-state index contributed by atoms with van der Waals surface area (Å²) in [5.74, 6) is -1.81. The van der Waals surface area contributed by atoms with Gasteiger partial charge in [0, 0.05) is 0 Å². The Balaban J connectivity index is 2.27. The SMILES string of the molecule is Cc1ccc(S(=O)(=O)Oc2c(I)cc([Si](C)(C)C)c(OS(=O)(=O)C(F)(F)F)c2OCc2ccccc2)cc1. The summed E-state index contributed by atoms with van der Waals surface area (Å²) in [4.78, 5) is -0.215. The molecule has 38 heavy (non-hydrogen) atoms. The first-order chi connectivity index (χ1) is 17.4. The van der Waals surface area contributed by atoms with Crippen LogP contribution in [0.4, 0.5) is 13.2 Å². The highest BCUT2D eigenvalue weighted by atomic mass is 127. The zero-order valence-corrected chi connectivity index (χ0v) is 25.5. The fourth-order valence-electron chi connectivity index (χ4n) is 3.19. The van der Waals surface area contributed by atoms with Crippen molar-refractivity contribution in [2.45, 2.75) is 43.6 Å². The van der Waals surface area contributed by atoms with Gasteiger partial charge in [-0.05, 0) is 58.5 Å². The Kier molecular flexibility index (Phi) is 8.80. The summed E-state index contributed by atoms with van der Waals surface area (Å²) in [6.45, 7) is 6.80. The van der Waals surface area contributed by atoms with Crippen LogP contribution >= 0.6 is 22.6 Å². The Morgan fingerprint density at radius 3 is 1.95 bits per heavy atom. The van der Waals surface area contributed by atoms with Crippen molar-refractivity contribution >= 4 is 56.1 Å². The van der Waals surface area contributed by atoms with Crippen molar-refractivity contribution in [3.05, 3.63) is 75.4 Å². The minimum Gasteiger partial charge on any atom is -0.481 e. The van der Waals surface area contributed by atoms with Crippen LogP contribution in [-0.2, 0) is 26.8 Å². The minimum atomic E-state index is -6.13. The molecule has 0 spiro atoms. The van der Waals surface area contributed by atoms with E-state index in [1.807, 2.05) is 0 Å². The van der Waals surface area contributed by atoms with Gasteiger partial charge >= 0.3 is 25.7 Å². The largest absolute Gasteiger partial charge is 0.534 e. The lowest BCUT2D eigenvalue weighted by Gasteiger charge is -2.25. The Labute approximate surface area is 234 Å². The monoisotopic (exact) mass is 700 g/mol. The highest BCUT2D eigenvalue weighted by molar-refractivity contribution is 14.1. The predicted octanol–water partition coefficient (Wildman–Crippen LogP) is 5.72. The average molecular weight is 701 g/mol. The smallest absolute Gasteiger partial charge is 0.481 e. The fourth-order valence-corrected chi connectivity index (χ4v) is 7.23. The van der Waals surface area contributed by atoms with Gasteiger partial charge in [-0.3, -0.25) is 0 Å². The van der Waals surface area contributed by atoms with Gasteiger partial charge in [-0.2, -0.15) is 30.0 Å². The Hall–Kier alpha value is -2.30. The Morgan fingerprint density at radius 1 is 0.842 bits per heavy atom. The third-order valence-electron chi connectivity index (χ3n) is 5.16. The highest BCUT2D eigenvalue weighted by Crippen LogP contribution is 2.44. The molecular formula is C24H24F3IO7S2Si. The van der Waals surface area contributed by atoms with Crippen LogP contribution in [-0.4, -0.2) is 30.4 Å². The van der Waals surface area contributed by atoms with Crippen LogP contribution in [0.25, 0.3) is 0 Å². The van der Waals surface area contributed by atoms with Gasteiger partial charge in [0.05, 0.1) is 11.6 Å². The van der Waals surface area contributed by atoms with Gasteiger partial charge in [0.2, 0.25) is 11.5 Å². The summed E-state index contributed by atoms with van der Waals surface area (Å²) in [6, 6.07) is 15.6. The number of ether oxygens (including phenoxy) is 1. The maximum Gasteiger partial charge on any atom is 0.534 e. The van der Waals surface area contributed by atoms with Crippen molar-refractivity contribution in [3.8, 4) is 17.2 Å². The molecule has 0 radical (unpaired) electrons. The molecule has 206 valence electrons. The molecule has 0 N–H and O–H groups in total. The van der Waals surface area contributed by atoms with E-state index in [1.54, 1.807) is 91.6 Å². The topological polar surface area (TPSA) is 96.0 Å². The van der Waals surface area contributed by atoms with Gasteiger partial charge in [0.15, 0.2) is 5.75 Å². The van der Waals surface area contributed by atoms with Crippen molar-refractivity contribution in [2.75, 3.05) is 0 Å². The standard InChI is InChI=1S/C24H24F3IO7S2Si/c1-16-10-12-18(13-11-16)36(29,30)34-21-19(28)14-20(38(2,3)4)22(35-37(31,32)24(25,26)27)23(21)33-15-17-8-6-5-7-9-17/h5-14H,15H2,1-4H3. The van der Waals surface area contributed by atoms with Gasteiger partial charge in [0.25, 0.3) is 0 Å². The molecule has 0 aliphatic heterocycles. The van der Waals surface area contributed by atoms with Crippen molar-refractivity contribution in [1.29, 1.82) is 0 Å². The molecule has 0 aliphatic carbocycles. The summed E-state index contributed by atoms with van der Waals surface area (Å²) in [5, 5.41) is 0.165. The lowest BCUT2D eigenvalue weighted by atomic mass is 10.2. The molecule has 0 atom stereocenters. The lowest BCUT2D eigenvalue weighted by molar-refractivity contribution is -0.0500. The van der Waals surface area contributed by atoms with Crippen LogP contribution < -0.4 is 18.3 Å². The molecule has 0 amide bonds. The molecular weight excluding hydrogens is 676 g/mol. The van der Waals surface area contributed by atoms with Crippen molar-refractivity contribution in [2.24, 2.45) is 0 Å². The van der Waals surface area contributed by atoms with Gasteiger partial charge in [-0.1, -0.05) is 67.7 Å². The number of halogens is 4. The van der Waals surface area contributed by atoms with E-state index < -0.39 is 51.1 Å². The number of rotatable bonds is 9. The molecule has 0 aromatic heterocycles. The molecule has 0 aliphatic rings. The summed E-state index contributed by atoms with van der Waals surface area (Å²) < 4.78 is 107. The number of benzene rings is 3. The maximum atomic E-state index is 13.4. The second kappa shape index (κ2) is 11.1. The third-order valence-corrected chi connectivity index (χ3v) is 10.1.